The number of nitrogens with one attached hydrogen (secondary N) is 1. The summed E-state index contributed by atoms with van der Waals surface area (Å²) in [5.41, 5.74) is -0.877. The second-order valence-electron chi connectivity index (χ2n) is 6.92. The van der Waals surface area contributed by atoms with Gasteiger partial charge >= 0.3 is 6.18 Å². The zero-order chi connectivity index (χ0) is 23.5. The fourth-order valence-corrected chi connectivity index (χ4v) is 4.11. The number of methoxy groups -OCH3 is 1. The molecule has 0 aliphatic heterocycles. The lowest BCUT2D eigenvalue weighted by atomic mass is 10.2. The van der Waals surface area contributed by atoms with Gasteiger partial charge in [-0.3, -0.25) is 14.2 Å². The molecule has 0 radical (unpaired) electrons. The van der Waals surface area contributed by atoms with Crippen LogP contribution in [0.3, 0.4) is 0 Å². The van der Waals surface area contributed by atoms with E-state index in [-0.39, 0.29) is 34.7 Å². The Morgan fingerprint density at radius 2 is 2.00 bits per heavy atom. The molecule has 32 heavy (non-hydrogen) atoms. The van der Waals surface area contributed by atoms with E-state index in [1.807, 2.05) is 0 Å². The smallest absolute Gasteiger partial charge is 0.383 e. The number of aromatic nitrogens is 2. The van der Waals surface area contributed by atoms with Gasteiger partial charge in [0.05, 0.1) is 45.6 Å². The molecular formula is C21H19ClF3N3O3S. The average molecular weight is 486 g/mol. The van der Waals surface area contributed by atoms with Crippen LogP contribution in [0.1, 0.15) is 18.5 Å². The first-order valence-electron chi connectivity index (χ1n) is 9.41. The van der Waals surface area contributed by atoms with Crippen LogP contribution in [0.2, 0.25) is 5.02 Å². The van der Waals surface area contributed by atoms with E-state index >= 15 is 0 Å². The number of ether oxygens (including phenoxy) is 1. The predicted octanol–water partition coefficient (Wildman–Crippen LogP) is 5.01. The van der Waals surface area contributed by atoms with Crippen molar-refractivity contribution >= 4 is 45.9 Å². The highest BCUT2D eigenvalue weighted by Gasteiger charge is 2.31. The molecule has 0 fully saturated rings. The molecule has 0 aliphatic rings. The molecule has 2 aromatic carbocycles. The van der Waals surface area contributed by atoms with Crippen LogP contribution in [0.25, 0.3) is 10.9 Å². The van der Waals surface area contributed by atoms with E-state index in [0.29, 0.717) is 16.1 Å². The molecule has 3 rings (SSSR count). The Hall–Kier alpha value is -2.56. The number of fused-ring (bicyclic) bond motifs is 1. The molecule has 170 valence electrons. The Kier molecular flexibility index (Phi) is 7.47. The zero-order valence-corrected chi connectivity index (χ0v) is 18.6. The van der Waals surface area contributed by atoms with E-state index in [2.05, 4.69) is 10.3 Å². The lowest BCUT2D eigenvalue weighted by Gasteiger charge is -2.19. The number of thioether (sulfide) groups is 1. The van der Waals surface area contributed by atoms with Gasteiger partial charge in [-0.2, -0.15) is 13.2 Å². The number of rotatable bonds is 7. The third-order valence-corrected chi connectivity index (χ3v) is 5.81. The van der Waals surface area contributed by atoms with Gasteiger partial charge < -0.3 is 10.1 Å². The van der Waals surface area contributed by atoms with Crippen molar-refractivity contribution in [2.45, 2.75) is 24.3 Å². The molecule has 1 amide bonds. The van der Waals surface area contributed by atoms with E-state index < -0.39 is 17.6 Å². The van der Waals surface area contributed by atoms with Crippen molar-refractivity contribution in [3.8, 4) is 0 Å². The van der Waals surface area contributed by atoms with Crippen molar-refractivity contribution in [3.63, 3.8) is 0 Å². The molecule has 1 atom stereocenters. The minimum absolute atomic E-state index is 0.0224. The maximum absolute atomic E-state index is 13.0. The quantitative estimate of drug-likeness (QED) is 0.376. The van der Waals surface area contributed by atoms with Gasteiger partial charge in [0.2, 0.25) is 5.91 Å². The lowest BCUT2D eigenvalue weighted by molar-refractivity contribution is -0.137. The van der Waals surface area contributed by atoms with Crippen LogP contribution in [-0.2, 0) is 15.7 Å². The van der Waals surface area contributed by atoms with Crippen LogP contribution in [0.4, 0.5) is 18.9 Å². The average Bonchev–Trinajstić information content (AvgIpc) is 2.73. The van der Waals surface area contributed by atoms with Crippen LogP contribution < -0.4 is 10.9 Å². The van der Waals surface area contributed by atoms with Crippen molar-refractivity contribution in [3.05, 3.63) is 63.4 Å². The number of nitrogens with zero attached hydrogens (tertiary/aromatic N) is 2. The van der Waals surface area contributed by atoms with Gasteiger partial charge in [0.25, 0.3) is 5.56 Å². The molecule has 0 saturated heterocycles. The van der Waals surface area contributed by atoms with Gasteiger partial charge in [0, 0.05) is 7.11 Å². The summed E-state index contributed by atoms with van der Waals surface area (Å²) in [5.74, 6) is -0.790. The monoisotopic (exact) mass is 485 g/mol. The summed E-state index contributed by atoms with van der Waals surface area (Å²) in [5, 5.41) is 3.09. The van der Waals surface area contributed by atoms with E-state index in [0.717, 1.165) is 30.0 Å². The summed E-state index contributed by atoms with van der Waals surface area (Å²) in [6.45, 7) is 2.04. The molecule has 1 N–H and O–H groups in total. The first-order chi connectivity index (χ1) is 15.1. The van der Waals surface area contributed by atoms with Crippen molar-refractivity contribution in [1.29, 1.82) is 0 Å². The minimum Gasteiger partial charge on any atom is -0.383 e. The lowest BCUT2D eigenvalue weighted by Crippen LogP contribution is -2.29. The number of halogens is 4. The van der Waals surface area contributed by atoms with Crippen molar-refractivity contribution in [1.82, 2.24) is 9.55 Å². The van der Waals surface area contributed by atoms with E-state index in [1.54, 1.807) is 31.2 Å². The predicted molar refractivity (Wildman–Crippen MR) is 118 cm³/mol. The normalized spacial score (nSPS) is 12.7. The molecule has 0 bridgehead atoms. The number of amides is 1. The SMILES string of the molecule is COC[C@@H](C)n1c(SCC(=O)Nc2cc(C(F)(F)F)ccc2Cl)nc2ccccc2c1=O. The number of para-hydroxylation sites is 1. The van der Waals surface area contributed by atoms with Gasteiger partial charge in [-0.1, -0.05) is 35.5 Å². The van der Waals surface area contributed by atoms with Gasteiger partial charge in [0.15, 0.2) is 5.16 Å². The number of hydrogen-bond acceptors (Lipinski definition) is 5. The fraction of sp³-hybridized carbons (Fsp3) is 0.286. The van der Waals surface area contributed by atoms with Gasteiger partial charge in [-0.05, 0) is 37.3 Å². The zero-order valence-electron chi connectivity index (χ0n) is 17.1. The van der Waals surface area contributed by atoms with Crippen molar-refractivity contribution in [2.24, 2.45) is 0 Å². The fourth-order valence-electron chi connectivity index (χ4n) is 3.05. The second-order valence-corrected chi connectivity index (χ2v) is 8.27. The summed E-state index contributed by atoms with van der Waals surface area (Å²) >= 11 is 6.93. The Labute approximate surface area is 190 Å². The first kappa shape index (κ1) is 24.1. The number of alkyl halides is 3. The highest BCUT2D eigenvalue weighted by atomic mass is 35.5. The maximum Gasteiger partial charge on any atom is 0.416 e. The van der Waals surface area contributed by atoms with E-state index in [9.17, 15) is 22.8 Å². The number of carbonyl (C=O) groups excluding carboxylic acids is 1. The largest absolute Gasteiger partial charge is 0.416 e. The van der Waals surface area contributed by atoms with Crippen LogP contribution in [0, 0.1) is 0 Å². The minimum atomic E-state index is -4.57. The topological polar surface area (TPSA) is 73.2 Å². The van der Waals surface area contributed by atoms with Gasteiger partial charge in [-0.25, -0.2) is 4.98 Å². The summed E-state index contributed by atoms with van der Waals surface area (Å²) in [7, 11) is 1.51. The molecule has 0 saturated carbocycles. The molecular weight excluding hydrogens is 467 g/mol. The Morgan fingerprint density at radius 1 is 1.28 bits per heavy atom. The maximum atomic E-state index is 13.0. The molecule has 1 aromatic heterocycles. The standard InChI is InChI=1S/C21H19ClF3N3O3S/c1-12(10-31-2)28-19(30)14-5-3-4-6-16(14)27-20(28)32-11-18(29)26-17-9-13(21(23,24)25)7-8-15(17)22/h3-9,12H,10-11H2,1-2H3,(H,26,29)/t12-/m1/s1. The van der Waals surface area contributed by atoms with Crippen LogP contribution in [0.5, 0.6) is 0 Å². The van der Waals surface area contributed by atoms with Gasteiger partial charge in [0.1, 0.15) is 0 Å². The molecule has 6 nitrogen and oxygen atoms in total. The van der Waals surface area contributed by atoms with E-state index in [1.165, 1.54) is 11.7 Å². The van der Waals surface area contributed by atoms with Crippen molar-refractivity contribution < 1.29 is 22.7 Å². The molecule has 0 spiro atoms. The summed E-state index contributed by atoms with van der Waals surface area (Å²) < 4.78 is 45.4. The molecule has 11 heteroatoms. The molecule has 1 heterocycles. The van der Waals surface area contributed by atoms with Crippen LogP contribution in [0.15, 0.2) is 52.4 Å². The third kappa shape index (κ3) is 5.43. The number of benzene rings is 2. The summed E-state index contributed by atoms with van der Waals surface area (Å²) in [4.78, 5) is 29.9. The third-order valence-electron chi connectivity index (χ3n) is 4.52. The Balaban J connectivity index is 1.85. The highest BCUT2D eigenvalue weighted by molar-refractivity contribution is 7.99. The summed E-state index contributed by atoms with van der Waals surface area (Å²) in [6, 6.07) is 9.16. The summed E-state index contributed by atoms with van der Waals surface area (Å²) in [6.07, 6.45) is -4.57. The molecule has 0 unspecified atom stereocenters. The molecule has 0 aliphatic carbocycles. The van der Waals surface area contributed by atoms with Crippen molar-refractivity contribution in [2.75, 3.05) is 24.8 Å². The Bertz CT molecular complexity index is 1200. The highest BCUT2D eigenvalue weighted by Crippen LogP contribution is 2.34. The van der Waals surface area contributed by atoms with E-state index in [4.69, 9.17) is 16.3 Å². The Morgan fingerprint density at radius 3 is 2.69 bits per heavy atom. The number of anilines is 1. The first-order valence-corrected chi connectivity index (χ1v) is 10.8. The van der Waals surface area contributed by atoms with Crippen LogP contribution in [-0.4, -0.2) is 34.9 Å². The number of hydrogen-bond donors (Lipinski definition) is 1. The van der Waals surface area contributed by atoms with Gasteiger partial charge in [-0.15, -0.1) is 0 Å². The number of carbonyl (C=O) groups is 1. The molecule has 3 aromatic rings. The second kappa shape index (κ2) is 9.93. The van der Waals surface area contributed by atoms with Crippen LogP contribution >= 0.6 is 23.4 Å².